The molecule has 1 N–H and O–H groups in total. The minimum Gasteiger partial charge on any atom is -0.393 e. The van der Waals surface area contributed by atoms with Crippen LogP contribution in [0.15, 0.2) is 0 Å². The molecule has 0 bridgehead atoms. The predicted octanol–water partition coefficient (Wildman–Crippen LogP) is 2.27. The van der Waals surface area contributed by atoms with Crippen LogP contribution in [0.3, 0.4) is 0 Å². The van der Waals surface area contributed by atoms with Crippen LogP contribution in [-0.2, 0) is 0 Å². The Labute approximate surface area is 82.9 Å². The third kappa shape index (κ3) is 9.84. The molecule has 0 aliphatic heterocycles. The van der Waals surface area contributed by atoms with E-state index in [0.717, 1.165) is 32.2 Å². The molecular weight excluding hydrogens is 162 g/mol. The van der Waals surface area contributed by atoms with E-state index in [-0.39, 0.29) is 6.10 Å². The van der Waals surface area contributed by atoms with Crippen LogP contribution in [0.1, 0.15) is 45.4 Å². The van der Waals surface area contributed by atoms with Gasteiger partial charge in [0.15, 0.2) is 0 Å². The van der Waals surface area contributed by atoms with Gasteiger partial charge in [0.2, 0.25) is 0 Å². The van der Waals surface area contributed by atoms with Gasteiger partial charge in [-0.2, -0.15) is 0 Å². The van der Waals surface area contributed by atoms with E-state index in [1.165, 1.54) is 12.8 Å². The van der Waals surface area contributed by atoms with Crippen LogP contribution < -0.4 is 0 Å². The van der Waals surface area contributed by atoms with Crippen molar-refractivity contribution in [3.8, 4) is 0 Å². The SMILES string of the molecule is CCCC[C@H](O)CCCCN(C)C. The predicted molar refractivity (Wildman–Crippen MR) is 57.9 cm³/mol. The maximum Gasteiger partial charge on any atom is 0.0540 e. The van der Waals surface area contributed by atoms with Gasteiger partial charge >= 0.3 is 0 Å². The Hall–Kier alpha value is -0.0800. The number of hydrogen-bond donors (Lipinski definition) is 1. The molecule has 0 saturated heterocycles. The summed E-state index contributed by atoms with van der Waals surface area (Å²) in [6.45, 7) is 3.30. The monoisotopic (exact) mass is 187 g/mol. The van der Waals surface area contributed by atoms with Crippen molar-refractivity contribution in [1.29, 1.82) is 0 Å². The summed E-state index contributed by atoms with van der Waals surface area (Å²) in [7, 11) is 4.18. The zero-order valence-electron chi connectivity index (χ0n) is 9.42. The second-order valence-electron chi connectivity index (χ2n) is 4.10. The molecule has 0 aliphatic rings. The molecule has 13 heavy (non-hydrogen) atoms. The number of rotatable bonds is 8. The highest BCUT2D eigenvalue weighted by molar-refractivity contribution is 4.56. The summed E-state index contributed by atoms with van der Waals surface area (Å²) in [5.74, 6) is 0. The van der Waals surface area contributed by atoms with Gasteiger partial charge in [0.25, 0.3) is 0 Å². The summed E-state index contributed by atoms with van der Waals surface area (Å²) < 4.78 is 0. The van der Waals surface area contributed by atoms with Gasteiger partial charge in [-0.05, 0) is 46.3 Å². The maximum atomic E-state index is 9.53. The highest BCUT2D eigenvalue weighted by Gasteiger charge is 2.02. The number of hydrogen-bond acceptors (Lipinski definition) is 2. The quantitative estimate of drug-likeness (QED) is 0.589. The molecule has 0 saturated carbocycles. The first-order valence-corrected chi connectivity index (χ1v) is 5.49. The van der Waals surface area contributed by atoms with E-state index in [2.05, 4.69) is 25.9 Å². The molecule has 0 aliphatic carbocycles. The first-order chi connectivity index (χ1) is 6.16. The van der Waals surface area contributed by atoms with E-state index < -0.39 is 0 Å². The first kappa shape index (κ1) is 12.9. The molecule has 2 heteroatoms. The average molecular weight is 187 g/mol. The van der Waals surface area contributed by atoms with Gasteiger partial charge in [0.1, 0.15) is 0 Å². The van der Waals surface area contributed by atoms with Crippen LogP contribution in [0.2, 0.25) is 0 Å². The lowest BCUT2D eigenvalue weighted by molar-refractivity contribution is 0.147. The van der Waals surface area contributed by atoms with E-state index in [9.17, 15) is 5.11 Å². The zero-order chi connectivity index (χ0) is 10.1. The fourth-order valence-electron chi connectivity index (χ4n) is 1.39. The molecule has 0 fully saturated rings. The highest BCUT2D eigenvalue weighted by atomic mass is 16.3. The largest absolute Gasteiger partial charge is 0.393 e. The molecule has 0 heterocycles. The molecular formula is C11H25NO. The molecule has 0 amide bonds. The molecule has 0 aromatic heterocycles. The van der Waals surface area contributed by atoms with Crippen LogP contribution in [-0.4, -0.2) is 36.8 Å². The summed E-state index contributed by atoms with van der Waals surface area (Å²) in [6.07, 6.45) is 6.62. The second kappa shape index (κ2) is 8.52. The van der Waals surface area contributed by atoms with Crippen LogP contribution >= 0.6 is 0 Å². The molecule has 2 nitrogen and oxygen atoms in total. The van der Waals surface area contributed by atoms with Crippen LogP contribution in [0.25, 0.3) is 0 Å². The number of nitrogens with zero attached hydrogens (tertiary/aromatic N) is 1. The first-order valence-electron chi connectivity index (χ1n) is 5.49. The smallest absolute Gasteiger partial charge is 0.0540 e. The summed E-state index contributed by atoms with van der Waals surface area (Å²) in [5, 5.41) is 9.53. The highest BCUT2D eigenvalue weighted by Crippen LogP contribution is 2.08. The maximum absolute atomic E-state index is 9.53. The van der Waals surface area contributed by atoms with E-state index in [0.29, 0.717) is 0 Å². The topological polar surface area (TPSA) is 23.5 Å². The van der Waals surface area contributed by atoms with Crippen molar-refractivity contribution in [2.24, 2.45) is 0 Å². The van der Waals surface area contributed by atoms with Crippen molar-refractivity contribution in [1.82, 2.24) is 4.90 Å². The summed E-state index contributed by atoms with van der Waals surface area (Å²) >= 11 is 0. The van der Waals surface area contributed by atoms with Gasteiger partial charge in [-0.25, -0.2) is 0 Å². The molecule has 1 atom stereocenters. The van der Waals surface area contributed by atoms with Crippen LogP contribution in [0, 0.1) is 0 Å². The Morgan fingerprint density at radius 1 is 1.08 bits per heavy atom. The molecule has 0 rings (SSSR count). The normalized spacial score (nSPS) is 13.6. The molecule has 80 valence electrons. The van der Waals surface area contributed by atoms with Crippen LogP contribution in [0.4, 0.5) is 0 Å². The van der Waals surface area contributed by atoms with Gasteiger partial charge in [-0.1, -0.05) is 19.8 Å². The van der Waals surface area contributed by atoms with Gasteiger partial charge in [-0.15, -0.1) is 0 Å². The van der Waals surface area contributed by atoms with Gasteiger partial charge in [-0.3, -0.25) is 0 Å². The molecule has 0 radical (unpaired) electrons. The summed E-state index contributed by atoms with van der Waals surface area (Å²) in [5.41, 5.74) is 0. The average Bonchev–Trinajstić information content (AvgIpc) is 2.08. The fraction of sp³-hybridized carbons (Fsp3) is 1.00. The van der Waals surface area contributed by atoms with Crippen molar-refractivity contribution in [2.75, 3.05) is 20.6 Å². The number of aliphatic hydroxyl groups is 1. The van der Waals surface area contributed by atoms with Gasteiger partial charge in [0.05, 0.1) is 6.10 Å². The molecule has 0 unspecified atom stereocenters. The Balaban J connectivity index is 3.12. The minimum atomic E-state index is -0.0536. The fourth-order valence-corrected chi connectivity index (χ4v) is 1.39. The van der Waals surface area contributed by atoms with Crippen molar-refractivity contribution in [2.45, 2.75) is 51.6 Å². The van der Waals surface area contributed by atoms with Gasteiger partial charge in [0, 0.05) is 0 Å². The number of aliphatic hydroxyl groups excluding tert-OH is 1. The van der Waals surface area contributed by atoms with Crippen molar-refractivity contribution in [3.05, 3.63) is 0 Å². The van der Waals surface area contributed by atoms with E-state index in [4.69, 9.17) is 0 Å². The molecule has 0 aromatic carbocycles. The lowest BCUT2D eigenvalue weighted by Gasteiger charge is -2.11. The van der Waals surface area contributed by atoms with Crippen LogP contribution in [0.5, 0.6) is 0 Å². The second-order valence-corrected chi connectivity index (χ2v) is 4.10. The van der Waals surface area contributed by atoms with E-state index in [1.54, 1.807) is 0 Å². The van der Waals surface area contributed by atoms with E-state index >= 15 is 0 Å². The summed E-state index contributed by atoms with van der Waals surface area (Å²) in [6, 6.07) is 0. The third-order valence-corrected chi connectivity index (χ3v) is 2.28. The molecule has 0 spiro atoms. The lowest BCUT2D eigenvalue weighted by Crippen LogP contribution is -2.14. The zero-order valence-corrected chi connectivity index (χ0v) is 9.42. The minimum absolute atomic E-state index is 0.0536. The Morgan fingerprint density at radius 3 is 2.23 bits per heavy atom. The number of unbranched alkanes of at least 4 members (excludes halogenated alkanes) is 2. The van der Waals surface area contributed by atoms with Crippen molar-refractivity contribution in [3.63, 3.8) is 0 Å². The lowest BCUT2D eigenvalue weighted by atomic mass is 10.1. The van der Waals surface area contributed by atoms with Crippen molar-refractivity contribution >= 4 is 0 Å². The van der Waals surface area contributed by atoms with Gasteiger partial charge < -0.3 is 10.0 Å². The molecule has 0 aromatic rings. The van der Waals surface area contributed by atoms with Crippen molar-refractivity contribution < 1.29 is 5.11 Å². The third-order valence-electron chi connectivity index (χ3n) is 2.28. The Bertz CT molecular complexity index is 104. The Morgan fingerprint density at radius 2 is 1.69 bits per heavy atom. The summed E-state index contributed by atoms with van der Waals surface area (Å²) in [4.78, 5) is 2.19. The Kier molecular flexibility index (Phi) is 8.46. The van der Waals surface area contributed by atoms with E-state index in [1.807, 2.05) is 0 Å². The standard InChI is InChI=1S/C11H25NO/c1-4-5-8-11(13)9-6-7-10-12(2)3/h11,13H,4-10H2,1-3H3/t11-/m0/s1.